The number of rotatable bonds is 3. The molecule has 2 nitrogen and oxygen atoms in total. The van der Waals surface area contributed by atoms with Crippen LogP contribution in [0.15, 0.2) is 12.1 Å². The molecule has 0 atom stereocenters. The van der Waals surface area contributed by atoms with Crippen molar-refractivity contribution in [2.75, 3.05) is 17.4 Å². The number of benzene rings is 1. The Bertz CT molecular complexity index is 623. The molecule has 1 aliphatic rings. The lowest BCUT2D eigenvalue weighted by Gasteiger charge is -2.25. The Kier molecular flexibility index (Phi) is 4.43. The lowest BCUT2D eigenvalue weighted by atomic mass is 10.1. The van der Waals surface area contributed by atoms with Gasteiger partial charge < -0.3 is 4.57 Å². The molecule has 2 heterocycles. The third kappa shape index (κ3) is 2.66. The molecule has 108 valence electrons. The summed E-state index contributed by atoms with van der Waals surface area (Å²) in [6.07, 6.45) is 2.88. The van der Waals surface area contributed by atoms with Crippen LogP contribution < -0.4 is 0 Å². The Morgan fingerprint density at radius 1 is 1.35 bits per heavy atom. The minimum Gasteiger partial charge on any atom is -0.325 e. The molecule has 0 radical (unpaired) electrons. The number of hydrogen-bond acceptors (Lipinski definition) is 2. The van der Waals surface area contributed by atoms with Crippen LogP contribution in [0.3, 0.4) is 0 Å². The van der Waals surface area contributed by atoms with Gasteiger partial charge in [0.05, 0.1) is 16.1 Å². The van der Waals surface area contributed by atoms with Crippen molar-refractivity contribution in [2.24, 2.45) is 0 Å². The molecule has 1 fully saturated rings. The van der Waals surface area contributed by atoms with E-state index >= 15 is 0 Å². The van der Waals surface area contributed by atoms with E-state index in [0.29, 0.717) is 18.3 Å². The van der Waals surface area contributed by atoms with Crippen molar-refractivity contribution >= 4 is 46.0 Å². The summed E-state index contributed by atoms with van der Waals surface area (Å²) in [5, 5.41) is 0.124. The first-order valence-electron chi connectivity index (χ1n) is 6.70. The summed E-state index contributed by atoms with van der Waals surface area (Å²) in [6.45, 7) is 0. The summed E-state index contributed by atoms with van der Waals surface area (Å²) in [6, 6.07) is 3.50. The number of aryl methyl sites for hydroxylation is 1. The van der Waals surface area contributed by atoms with Crippen LogP contribution in [0.4, 0.5) is 4.39 Å². The Morgan fingerprint density at radius 2 is 2.10 bits per heavy atom. The van der Waals surface area contributed by atoms with Crippen LogP contribution in [0, 0.1) is 5.82 Å². The van der Waals surface area contributed by atoms with Gasteiger partial charge in [0.15, 0.2) is 0 Å². The van der Waals surface area contributed by atoms with Crippen LogP contribution >= 0.6 is 35.0 Å². The molecular formula is C14H15Cl2FN2S. The number of alkyl halides is 1. The average molecular weight is 333 g/mol. The molecule has 3 rings (SSSR count). The smallest absolute Gasteiger partial charge is 0.144 e. The second kappa shape index (κ2) is 6.12. The minimum absolute atomic E-state index is 0.124. The molecule has 0 bridgehead atoms. The second-order valence-electron chi connectivity index (χ2n) is 4.94. The standard InChI is InChI=1S/C14H15Cl2FN2S/c15-4-1-14-18-12-7-10(16)11(17)8-13(12)19(14)9-2-5-20-6-3-9/h7-9H,1-6H2. The maximum atomic E-state index is 13.8. The van der Waals surface area contributed by atoms with Crippen LogP contribution in [-0.4, -0.2) is 26.9 Å². The lowest BCUT2D eigenvalue weighted by molar-refractivity contribution is 0.466. The number of imidazole rings is 1. The Hall–Kier alpha value is -0.450. The lowest BCUT2D eigenvalue weighted by Crippen LogP contribution is -2.17. The van der Waals surface area contributed by atoms with E-state index < -0.39 is 0 Å². The van der Waals surface area contributed by atoms with Gasteiger partial charge in [0.2, 0.25) is 0 Å². The highest BCUT2D eigenvalue weighted by atomic mass is 35.5. The molecule has 0 spiro atoms. The number of hydrogen-bond donors (Lipinski definition) is 0. The zero-order valence-corrected chi connectivity index (χ0v) is 13.2. The largest absolute Gasteiger partial charge is 0.325 e. The number of fused-ring (bicyclic) bond motifs is 1. The molecule has 0 saturated carbocycles. The van der Waals surface area contributed by atoms with E-state index in [0.717, 1.165) is 41.2 Å². The number of nitrogens with zero attached hydrogens (tertiary/aromatic N) is 2. The van der Waals surface area contributed by atoms with Gasteiger partial charge in [0.25, 0.3) is 0 Å². The van der Waals surface area contributed by atoms with E-state index in [4.69, 9.17) is 23.2 Å². The van der Waals surface area contributed by atoms with E-state index in [1.807, 2.05) is 11.8 Å². The molecule has 0 N–H and O–H groups in total. The van der Waals surface area contributed by atoms with Crippen molar-refractivity contribution in [3.05, 3.63) is 28.8 Å². The Morgan fingerprint density at radius 3 is 2.80 bits per heavy atom. The summed E-state index contributed by atoms with van der Waals surface area (Å²) in [5.74, 6) is 3.35. The van der Waals surface area contributed by atoms with Gasteiger partial charge in [-0.1, -0.05) is 11.6 Å². The maximum absolute atomic E-state index is 13.8. The summed E-state index contributed by atoms with van der Waals surface area (Å²) < 4.78 is 16.0. The molecule has 0 unspecified atom stereocenters. The number of halogens is 3. The van der Waals surface area contributed by atoms with E-state index in [-0.39, 0.29) is 10.8 Å². The molecule has 0 aliphatic carbocycles. The van der Waals surface area contributed by atoms with E-state index in [2.05, 4.69) is 9.55 Å². The van der Waals surface area contributed by atoms with Gasteiger partial charge in [0, 0.05) is 24.4 Å². The average Bonchev–Trinajstić information content (AvgIpc) is 2.78. The Labute approximate surface area is 131 Å². The summed E-state index contributed by atoms with van der Waals surface area (Å²) in [7, 11) is 0. The fourth-order valence-electron chi connectivity index (χ4n) is 2.75. The van der Waals surface area contributed by atoms with Crippen LogP contribution in [0.2, 0.25) is 5.02 Å². The van der Waals surface area contributed by atoms with Gasteiger partial charge in [0.1, 0.15) is 11.6 Å². The van der Waals surface area contributed by atoms with Crippen molar-refractivity contribution in [1.82, 2.24) is 9.55 Å². The molecule has 0 amide bonds. The molecule has 1 saturated heterocycles. The van der Waals surface area contributed by atoms with Crippen LogP contribution in [0.1, 0.15) is 24.7 Å². The van der Waals surface area contributed by atoms with Crippen molar-refractivity contribution in [1.29, 1.82) is 0 Å². The third-order valence-electron chi connectivity index (χ3n) is 3.68. The molecular weight excluding hydrogens is 318 g/mol. The molecule has 20 heavy (non-hydrogen) atoms. The quantitative estimate of drug-likeness (QED) is 0.759. The highest BCUT2D eigenvalue weighted by Gasteiger charge is 2.22. The minimum atomic E-state index is -0.386. The SMILES string of the molecule is Fc1cc2c(cc1Cl)nc(CCCl)n2C1CCSCC1. The molecule has 1 aromatic heterocycles. The number of aromatic nitrogens is 2. The number of thioether (sulfide) groups is 1. The predicted molar refractivity (Wildman–Crippen MR) is 84.7 cm³/mol. The molecule has 2 aromatic rings. The van der Waals surface area contributed by atoms with Crippen LogP contribution in [0.5, 0.6) is 0 Å². The first kappa shape index (κ1) is 14.5. The fourth-order valence-corrected chi connectivity index (χ4v) is 4.16. The molecule has 1 aromatic carbocycles. The van der Waals surface area contributed by atoms with Crippen molar-refractivity contribution in [3.63, 3.8) is 0 Å². The summed E-state index contributed by atoms with van der Waals surface area (Å²) >= 11 is 13.7. The topological polar surface area (TPSA) is 17.8 Å². The van der Waals surface area contributed by atoms with Gasteiger partial charge >= 0.3 is 0 Å². The van der Waals surface area contributed by atoms with Gasteiger partial charge in [-0.25, -0.2) is 9.37 Å². The zero-order valence-electron chi connectivity index (χ0n) is 10.9. The summed E-state index contributed by atoms with van der Waals surface area (Å²) in [5.41, 5.74) is 1.60. The molecule has 6 heteroatoms. The van der Waals surface area contributed by atoms with Gasteiger partial charge in [-0.2, -0.15) is 11.8 Å². The van der Waals surface area contributed by atoms with Crippen molar-refractivity contribution in [2.45, 2.75) is 25.3 Å². The predicted octanol–water partition coefficient (Wildman–Crippen LogP) is 4.68. The van der Waals surface area contributed by atoms with Gasteiger partial charge in [-0.15, -0.1) is 11.6 Å². The van der Waals surface area contributed by atoms with Gasteiger partial charge in [-0.3, -0.25) is 0 Å². The zero-order chi connectivity index (χ0) is 14.1. The summed E-state index contributed by atoms with van der Waals surface area (Å²) in [4.78, 5) is 4.60. The van der Waals surface area contributed by atoms with Crippen LogP contribution in [-0.2, 0) is 6.42 Å². The monoisotopic (exact) mass is 332 g/mol. The maximum Gasteiger partial charge on any atom is 0.144 e. The van der Waals surface area contributed by atoms with E-state index in [9.17, 15) is 4.39 Å². The first-order valence-corrected chi connectivity index (χ1v) is 8.77. The second-order valence-corrected chi connectivity index (χ2v) is 6.95. The van der Waals surface area contributed by atoms with Gasteiger partial charge in [-0.05, 0) is 30.4 Å². The molecule has 1 aliphatic heterocycles. The van der Waals surface area contributed by atoms with Crippen molar-refractivity contribution in [3.8, 4) is 0 Å². The highest BCUT2D eigenvalue weighted by Crippen LogP contribution is 2.33. The Balaban J connectivity index is 2.14. The third-order valence-corrected chi connectivity index (χ3v) is 5.21. The highest BCUT2D eigenvalue weighted by molar-refractivity contribution is 7.99. The van der Waals surface area contributed by atoms with E-state index in [1.54, 1.807) is 6.07 Å². The normalized spacial score (nSPS) is 16.9. The van der Waals surface area contributed by atoms with E-state index in [1.165, 1.54) is 6.07 Å². The van der Waals surface area contributed by atoms with Crippen molar-refractivity contribution < 1.29 is 4.39 Å². The fraction of sp³-hybridized carbons (Fsp3) is 0.500. The van der Waals surface area contributed by atoms with Crippen LogP contribution in [0.25, 0.3) is 11.0 Å². The first-order chi connectivity index (χ1) is 9.70.